The van der Waals surface area contributed by atoms with Crippen LogP contribution in [0.25, 0.3) is 0 Å². The first-order valence-corrected chi connectivity index (χ1v) is 5.95. The Hall–Kier alpha value is -0.900. The van der Waals surface area contributed by atoms with Crippen molar-refractivity contribution in [1.82, 2.24) is 5.32 Å². The van der Waals surface area contributed by atoms with Crippen LogP contribution >= 0.6 is 0 Å². The van der Waals surface area contributed by atoms with Gasteiger partial charge in [0.2, 0.25) is 0 Å². The van der Waals surface area contributed by atoms with Crippen molar-refractivity contribution in [2.24, 2.45) is 0 Å². The van der Waals surface area contributed by atoms with E-state index >= 15 is 0 Å². The van der Waals surface area contributed by atoms with Gasteiger partial charge in [-0.1, -0.05) is 30.3 Å². The second-order valence-corrected chi connectivity index (χ2v) is 4.49. The van der Waals surface area contributed by atoms with Crippen LogP contribution in [-0.2, 0) is 9.47 Å². The van der Waals surface area contributed by atoms with Crippen LogP contribution in [0.15, 0.2) is 30.3 Å². The fourth-order valence-corrected chi connectivity index (χ4v) is 2.46. The molecule has 3 rings (SSSR count). The molecule has 16 heavy (non-hydrogen) atoms. The summed E-state index contributed by atoms with van der Waals surface area (Å²) < 4.78 is 12.0. The lowest BCUT2D eigenvalue weighted by atomic mass is 10.1. The number of piperidine rings is 1. The van der Waals surface area contributed by atoms with Gasteiger partial charge in [0.1, 0.15) is 6.10 Å². The van der Waals surface area contributed by atoms with Crippen molar-refractivity contribution in [2.75, 3.05) is 19.7 Å². The summed E-state index contributed by atoms with van der Waals surface area (Å²) in [5.74, 6) is -0.314. The van der Waals surface area contributed by atoms with Crippen molar-refractivity contribution >= 4 is 0 Å². The van der Waals surface area contributed by atoms with Gasteiger partial charge in [0, 0.05) is 25.9 Å². The Morgan fingerprint density at radius 1 is 1.12 bits per heavy atom. The van der Waals surface area contributed by atoms with Crippen LogP contribution in [0.5, 0.6) is 0 Å². The quantitative estimate of drug-likeness (QED) is 0.782. The molecule has 3 heteroatoms. The maximum atomic E-state index is 6.11. The first kappa shape index (κ1) is 10.3. The van der Waals surface area contributed by atoms with Crippen LogP contribution < -0.4 is 5.32 Å². The Bertz CT molecular complexity index is 346. The molecule has 2 heterocycles. The topological polar surface area (TPSA) is 30.5 Å². The van der Waals surface area contributed by atoms with Gasteiger partial charge >= 0.3 is 0 Å². The molecule has 0 unspecified atom stereocenters. The van der Waals surface area contributed by atoms with E-state index in [1.807, 2.05) is 18.2 Å². The molecule has 2 aliphatic rings. The van der Waals surface area contributed by atoms with Crippen LogP contribution in [0, 0.1) is 0 Å². The third kappa shape index (κ3) is 1.86. The lowest BCUT2D eigenvalue weighted by Gasteiger charge is -2.32. The number of hydrogen-bond acceptors (Lipinski definition) is 3. The molecule has 1 atom stereocenters. The zero-order valence-corrected chi connectivity index (χ0v) is 9.32. The van der Waals surface area contributed by atoms with Gasteiger partial charge in [0.25, 0.3) is 0 Å². The van der Waals surface area contributed by atoms with E-state index in [9.17, 15) is 0 Å². The van der Waals surface area contributed by atoms with Crippen LogP contribution in [0.2, 0.25) is 0 Å². The molecule has 1 aromatic rings. The van der Waals surface area contributed by atoms with Crippen molar-refractivity contribution in [2.45, 2.75) is 24.7 Å². The standard InChI is InChI=1S/C13H17NO2/c1-2-4-11(5-3-1)12-10-15-13(16-12)6-8-14-9-7-13/h1-5,12,14H,6-10H2/t12-/m0/s1. The molecular formula is C13H17NO2. The highest BCUT2D eigenvalue weighted by Gasteiger charge is 2.42. The molecule has 0 radical (unpaired) electrons. The minimum Gasteiger partial charge on any atom is -0.347 e. The molecule has 2 fully saturated rings. The Morgan fingerprint density at radius 3 is 2.62 bits per heavy atom. The molecule has 86 valence electrons. The second kappa shape index (κ2) is 4.17. The van der Waals surface area contributed by atoms with Crippen molar-refractivity contribution < 1.29 is 9.47 Å². The van der Waals surface area contributed by atoms with E-state index in [4.69, 9.17) is 9.47 Å². The van der Waals surface area contributed by atoms with Crippen LogP contribution in [0.4, 0.5) is 0 Å². The molecule has 0 saturated carbocycles. The number of hydrogen-bond donors (Lipinski definition) is 1. The summed E-state index contributed by atoms with van der Waals surface area (Å²) in [5, 5.41) is 3.33. The van der Waals surface area contributed by atoms with Gasteiger partial charge in [0.15, 0.2) is 5.79 Å². The van der Waals surface area contributed by atoms with E-state index in [0.717, 1.165) is 25.9 Å². The molecule has 1 spiro atoms. The maximum absolute atomic E-state index is 6.11. The summed E-state index contributed by atoms with van der Waals surface area (Å²) in [6.07, 6.45) is 2.02. The number of rotatable bonds is 1. The van der Waals surface area contributed by atoms with Gasteiger partial charge in [0.05, 0.1) is 6.61 Å². The molecule has 0 aliphatic carbocycles. The zero-order chi connectivity index (χ0) is 10.8. The Morgan fingerprint density at radius 2 is 1.88 bits per heavy atom. The first-order chi connectivity index (χ1) is 7.88. The van der Waals surface area contributed by atoms with Crippen LogP contribution in [-0.4, -0.2) is 25.5 Å². The van der Waals surface area contributed by atoms with E-state index in [1.165, 1.54) is 5.56 Å². The molecule has 0 bridgehead atoms. The number of ether oxygens (including phenoxy) is 2. The van der Waals surface area contributed by atoms with E-state index < -0.39 is 0 Å². The summed E-state index contributed by atoms with van der Waals surface area (Å²) in [6, 6.07) is 10.3. The lowest BCUT2D eigenvalue weighted by molar-refractivity contribution is -0.183. The molecular weight excluding hydrogens is 202 g/mol. The molecule has 2 saturated heterocycles. The highest BCUT2D eigenvalue weighted by atomic mass is 16.7. The SMILES string of the molecule is c1ccc([C@@H]2COC3(CCNCC3)O2)cc1. The van der Waals surface area contributed by atoms with Gasteiger partial charge in [-0.25, -0.2) is 0 Å². The fraction of sp³-hybridized carbons (Fsp3) is 0.538. The summed E-state index contributed by atoms with van der Waals surface area (Å²) in [6.45, 7) is 2.66. The average molecular weight is 219 g/mol. The van der Waals surface area contributed by atoms with Gasteiger partial charge in [-0.3, -0.25) is 0 Å². The summed E-state index contributed by atoms with van der Waals surface area (Å²) in [7, 11) is 0. The molecule has 0 amide bonds. The van der Waals surface area contributed by atoms with Crippen molar-refractivity contribution in [1.29, 1.82) is 0 Å². The molecule has 1 N–H and O–H groups in total. The fourth-order valence-electron chi connectivity index (χ4n) is 2.46. The minimum atomic E-state index is -0.314. The minimum absolute atomic E-state index is 0.110. The molecule has 0 aromatic heterocycles. The van der Waals surface area contributed by atoms with E-state index in [2.05, 4.69) is 17.4 Å². The Labute approximate surface area is 95.8 Å². The third-order valence-electron chi connectivity index (χ3n) is 3.39. The van der Waals surface area contributed by atoms with Crippen molar-refractivity contribution in [3.05, 3.63) is 35.9 Å². The van der Waals surface area contributed by atoms with Crippen molar-refractivity contribution in [3.8, 4) is 0 Å². The monoisotopic (exact) mass is 219 g/mol. The van der Waals surface area contributed by atoms with Gasteiger partial charge in [-0.15, -0.1) is 0 Å². The Balaban J connectivity index is 1.73. The van der Waals surface area contributed by atoms with Crippen molar-refractivity contribution in [3.63, 3.8) is 0 Å². The Kier molecular flexibility index (Phi) is 2.67. The largest absolute Gasteiger partial charge is 0.347 e. The molecule has 3 nitrogen and oxygen atoms in total. The maximum Gasteiger partial charge on any atom is 0.171 e. The highest BCUT2D eigenvalue weighted by molar-refractivity contribution is 5.18. The molecule has 2 aliphatic heterocycles. The number of nitrogens with one attached hydrogen (secondary N) is 1. The van der Waals surface area contributed by atoms with Crippen LogP contribution in [0.1, 0.15) is 24.5 Å². The van der Waals surface area contributed by atoms with Gasteiger partial charge in [-0.2, -0.15) is 0 Å². The summed E-state index contributed by atoms with van der Waals surface area (Å²) in [4.78, 5) is 0. The number of benzene rings is 1. The normalized spacial score (nSPS) is 28.4. The van der Waals surface area contributed by atoms with Crippen LogP contribution in [0.3, 0.4) is 0 Å². The summed E-state index contributed by atoms with van der Waals surface area (Å²) >= 11 is 0. The zero-order valence-electron chi connectivity index (χ0n) is 9.32. The third-order valence-corrected chi connectivity index (χ3v) is 3.39. The van der Waals surface area contributed by atoms with E-state index in [1.54, 1.807) is 0 Å². The summed E-state index contributed by atoms with van der Waals surface area (Å²) in [5.41, 5.74) is 1.22. The predicted molar refractivity (Wildman–Crippen MR) is 61.1 cm³/mol. The van der Waals surface area contributed by atoms with E-state index in [0.29, 0.717) is 6.61 Å². The lowest BCUT2D eigenvalue weighted by Crippen LogP contribution is -2.42. The van der Waals surface area contributed by atoms with Gasteiger partial charge < -0.3 is 14.8 Å². The van der Waals surface area contributed by atoms with E-state index in [-0.39, 0.29) is 11.9 Å². The van der Waals surface area contributed by atoms with Gasteiger partial charge in [-0.05, 0) is 5.56 Å². The highest BCUT2D eigenvalue weighted by Crippen LogP contribution is 2.38. The predicted octanol–water partition coefficient (Wildman–Crippen LogP) is 1.85. The smallest absolute Gasteiger partial charge is 0.171 e. The second-order valence-electron chi connectivity index (χ2n) is 4.49. The first-order valence-electron chi connectivity index (χ1n) is 5.95. The average Bonchev–Trinajstić information content (AvgIpc) is 2.75. The molecule has 1 aromatic carbocycles.